The zero-order valence-corrected chi connectivity index (χ0v) is 6.84. The molecular weight excluding hydrogens is 203 g/mol. The van der Waals surface area contributed by atoms with Crippen molar-refractivity contribution in [3.63, 3.8) is 0 Å². The van der Waals surface area contributed by atoms with Crippen molar-refractivity contribution >= 4 is 5.69 Å². The summed E-state index contributed by atoms with van der Waals surface area (Å²) in [5, 5.41) is 19.0. The molecule has 4 nitrogen and oxygen atoms in total. The molecule has 0 unspecified atom stereocenters. The molecule has 0 aromatic heterocycles. The second-order valence-electron chi connectivity index (χ2n) is 2.52. The standard InChI is InChI=1S/C7H4F3NO3/c1-2-3(8)5(10)6(11(13)14)7(12)4(2)9/h12H,1H3. The van der Waals surface area contributed by atoms with Crippen molar-refractivity contribution in [1.29, 1.82) is 0 Å². The number of nitrogens with zero attached hydrogens (tertiary/aromatic N) is 1. The Morgan fingerprint density at radius 3 is 2.14 bits per heavy atom. The maximum absolute atomic E-state index is 12.8. The molecular formula is C7H4F3NO3. The number of nitro benzene ring substituents is 1. The van der Waals surface area contributed by atoms with E-state index in [1.165, 1.54) is 0 Å². The Morgan fingerprint density at radius 1 is 1.21 bits per heavy atom. The molecule has 1 rings (SSSR count). The molecule has 1 aromatic carbocycles. The van der Waals surface area contributed by atoms with Crippen LogP contribution in [0.5, 0.6) is 5.75 Å². The van der Waals surface area contributed by atoms with Gasteiger partial charge >= 0.3 is 5.69 Å². The maximum Gasteiger partial charge on any atom is 0.352 e. The Kier molecular flexibility index (Phi) is 2.33. The molecule has 0 aliphatic carbocycles. The van der Waals surface area contributed by atoms with E-state index in [9.17, 15) is 23.3 Å². The third-order valence-electron chi connectivity index (χ3n) is 1.67. The summed E-state index contributed by atoms with van der Waals surface area (Å²) in [5.74, 6) is -6.57. The molecule has 0 bridgehead atoms. The van der Waals surface area contributed by atoms with E-state index >= 15 is 0 Å². The number of benzene rings is 1. The molecule has 0 amide bonds. The Labute approximate surface area is 75.7 Å². The fourth-order valence-electron chi connectivity index (χ4n) is 0.917. The molecule has 7 heteroatoms. The molecule has 0 atom stereocenters. The first-order valence-electron chi connectivity index (χ1n) is 3.38. The highest BCUT2D eigenvalue weighted by Gasteiger charge is 2.30. The number of phenolic OH excluding ortho intramolecular Hbond substituents is 1. The summed E-state index contributed by atoms with van der Waals surface area (Å²) in [5.41, 5.74) is -2.39. The van der Waals surface area contributed by atoms with Crippen LogP contribution in [0, 0.1) is 34.5 Å². The van der Waals surface area contributed by atoms with Gasteiger partial charge in [0, 0.05) is 5.56 Å². The predicted molar refractivity (Wildman–Crippen MR) is 39.4 cm³/mol. The van der Waals surface area contributed by atoms with Gasteiger partial charge in [-0.3, -0.25) is 10.1 Å². The van der Waals surface area contributed by atoms with Crippen molar-refractivity contribution in [3.8, 4) is 5.75 Å². The summed E-state index contributed by atoms with van der Waals surface area (Å²) in [6, 6.07) is 0. The first-order valence-corrected chi connectivity index (χ1v) is 3.38. The fourth-order valence-corrected chi connectivity index (χ4v) is 0.917. The van der Waals surface area contributed by atoms with Gasteiger partial charge in [-0.1, -0.05) is 0 Å². The smallest absolute Gasteiger partial charge is 0.352 e. The van der Waals surface area contributed by atoms with Crippen molar-refractivity contribution < 1.29 is 23.2 Å². The Balaban J connectivity index is 3.68. The van der Waals surface area contributed by atoms with Gasteiger partial charge in [0.05, 0.1) is 4.92 Å². The minimum absolute atomic E-state index is 0.800. The quantitative estimate of drug-likeness (QED) is 0.435. The molecule has 0 aliphatic rings. The highest BCUT2D eigenvalue weighted by Crippen LogP contribution is 2.35. The molecule has 0 aliphatic heterocycles. The van der Waals surface area contributed by atoms with Crippen LogP contribution in [0.4, 0.5) is 18.9 Å². The fraction of sp³-hybridized carbons (Fsp3) is 0.143. The largest absolute Gasteiger partial charge is 0.500 e. The maximum atomic E-state index is 12.8. The number of hydrogen-bond acceptors (Lipinski definition) is 3. The molecule has 0 spiro atoms. The van der Waals surface area contributed by atoms with Crippen LogP contribution in [0.15, 0.2) is 0 Å². The summed E-state index contributed by atoms with van der Waals surface area (Å²) in [7, 11) is 0. The van der Waals surface area contributed by atoms with E-state index in [-0.39, 0.29) is 0 Å². The molecule has 1 aromatic rings. The van der Waals surface area contributed by atoms with Gasteiger partial charge in [0.2, 0.25) is 11.6 Å². The molecule has 76 valence electrons. The second-order valence-corrected chi connectivity index (χ2v) is 2.52. The lowest BCUT2D eigenvalue weighted by Crippen LogP contribution is -2.01. The highest BCUT2D eigenvalue weighted by molar-refractivity contribution is 5.50. The molecule has 0 saturated heterocycles. The van der Waals surface area contributed by atoms with Gasteiger partial charge in [-0.2, -0.15) is 4.39 Å². The van der Waals surface area contributed by atoms with E-state index in [0.717, 1.165) is 6.92 Å². The monoisotopic (exact) mass is 207 g/mol. The SMILES string of the molecule is Cc1c(F)c(O)c([N+](=O)[O-])c(F)c1F. The van der Waals surface area contributed by atoms with Gasteiger partial charge in [0.25, 0.3) is 0 Å². The Hall–Kier alpha value is -1.79. The van der Waals surface area contributed by atoms with Gasteiger partial charge in [-0.25, -0.2) is 8.78 Å². The topological polar surface area (TPSA) is 63.4 Å². The highest BCUT2D eigenvalue weighted by atomic mass is 19.2. The Morgan fingerprint density at radius 2 is 1.71 bits per heavy atom. The number of aromatic hydroxyl groups is 1. The van der Waals surface area contributed by atoms with E-state index < -0.39 is 39.4 Å². The number of rotatable bonds is 1. The second kappa shape index (κ2) is 3.17. The summed E-state index contributed by atoms with van der Waals surface area (Å²) in [6.45, 7) is 0.858. The van der Waals surface area contributed by atoms with Crippen LogP contribution in [0.2, 0.25) is 0 Å². The predicted octanol–water partition coefficient (Wildman–Crippen LogP) is 2.03. The third-order valence-corrected chi connectivity index (χ3v) is 1.67. The van der Waals surface area contributed by atoms with Crippen LogP contribution in [-0.4, -0.2) is 10.0 Å². The van der Waals surface area contributed by atoms with Gasteiger partial charge in [0.15, 0.2) is 11.6 Å². The van der Waals surface area contributed by atoms with Gasteiger partial charge in [0.1, 0.15) is 0 Å². The average Bonchev–Trinajstić information content (AvgIpc) is 2.11. The lowest BCUT2D eigenvalue weighted by Gasteiger charge is -2.03. The summed E-state index contributed by atoms with van der Waals surface area (Å²) >= 11 is 0. The van der Waals surface area contributed by atoms with Crippen LogP contribution in [-0.2, 0) is 0 Å². The van der Waals surface area contributed by atoms with Crippen molar-refractivity contribution in [2.45, 2.75) is 6.92 Å². The summed E-state index contributed by atoms with van der Waals surface area (Å²) in [6.07, 6.45) is 0. The number of phenols is 1. The van der Waals surface area contributed by atoms with Crippen molar-refractivity contribution in [3.05, 3.63) is 33.1 Å². The third kappa shape index (κ3) is 1.26. The lowest BCUT2D eigenvalue weighted by molar-refractivity contribution is -0.389. The molecule has 14 heavy (non-hydrogen) atoms. The zero-order valence-electron chi connectivity index (χ0n) is 6.84. The minimum atomic E-state index is -1.87. The van der Waals surface area contributed by atoms with Crippen LogP contribution in [0.25, 0.3) is 0 Å². The van der Waals surface area contributed by atoms with E-state index in [0.29, 0.717) is 0 Å². The zero-order chi connectivity index (χ0) is 11.0. The molecule has 1 N–H and O–H groups in total. The van der Waals surface area contributed by atoms with E-state index in [2.05, 4.69) is 0 Å². The molecule has 0 radical (unpaired) electrons. The van der Waals surface area contributed by atoms with E-state index in [1.54, 1.807) is 0 Å². The molecule has 0 saturated carbocycles. The van der Waals surface area contributed by atoms with E-state index in [1.807, 2.05) is 0 Å². The molecule has 0 heterocycles. The number of hydrogen-bond donors (Lipinski definition) is 1. The molecule has 0 fully saturated rings. The summed E-state index contributed by atoms with van der Waals surface area (Å²) in [4.78, 5) is 8.74. The van der Waals surface area contributed by atoms with E-state index in [4.69, 9.17) is 5.11 Å². The van der Waals surface area contributed by atoms with Gasteiger partial charge < -0.3 is 5.11 Å². The van der Waals surface area contributed by atoms with Crippen molar-refractivity contribution in [2.24, 2.45) is 0 Å². The number of nitro groups is 1. The van der Waals surface area contributed by atoms with Crippen LogP contribution >= 0.6 is 0 Å². The van der Waals surface area contributed by atoms with Crippen LogP contribution < -0.4 is 0 Å². The summed E-state index contributed by atoms with van der Waals surface area (Å²) < 4.78 is 38.4. The average molecular weight is 207 g/mol. The van der Waals surface area contributed by atoms with Crippen molar-refractivity contribution in [1.82, 2.24) is 0 Å². The van der Waals surface area contributed by atoms with Crippen LogP contribution in [0.3, 0.4) is 0 Å². The first kappa shape index (κ1) is 10.3. The normalized spacial score (nSPS) is 10.3. The van der Waals surface area contributed by atoms with Gasteiger partial charge in [-0.15, -0.1) is 0 Å². The minimum Gasteiger partial charge on any atom is -0.500 e. The van der Waals surface area contributed by atoms with Crippen LogP contribution in [0.1, 0.15) is 5.56 Å². The lowest BCUT2D eigenvalue weighted by atomic mass is 10.1. The number of halogens is 3. The first-order chi connectivity index (χ1) is 6.37. The van der Waals surface area contributed by atoms with Gasteiger partial charge in [-0.05, 0) is 6.92 Å². The van der Waals surface area contributed by atoms with Crippen molar-refractivity contribution in [2.75, 3.05) is 0 Å². The Bertz CT molecular complexity index is 390.